The number of aryl methyl sites for hydroxylation is 2. The molecule has 0 fully saturated rings. The van der Waals surface area contributed by atoms with Gasteiger partial charge in [0.25, 0.3) is 0 Å². The van der Waals surface area contributed by atoms with Crippen LogP contribution in [0.1, 0.15) is 5.69 Å². The van der Waals surface area contributed by atoms with Crippen molar-refractivity contribution in [1.82, 2.24) is 9.78 Å². The van der Waals surface area contributed by atoms with Crippen molar-refractivity contribution in [3.63, 3.8) is 0 Å². The summed E-state index contributed by atoms with van der Waals surface area (Å²) >= 11 is 0. The molecule has 0 radical (unpaired) electrons. The highest BCUT2D eigenvalue weighted by molar-refractivity contribution is 5.65. The van der Waals surface area contributed by atoms with Crippen LogP contribution in [0.3, 0.4) is 0 Å². The maximum atomic E-state index is 8.77. The minimum absolute atomic E-state index is 0.111. The van der Waals surface area contributed by atoms with Gasteiger partial charge in [0.15, 0.2) is 0 Å². The van der Waals surface area contributed by atoms with Gasteiger partial charge in [0.1, 0.15) is 5.82 Å². The molecule has 1 heterocycles. The van der Waals surface area contributed by atoms with Crippen LogP contribution in [0.15, 0.2) is 0 Å². The van der Waals surface area contributed by atoms with Gasteiger partial charge in [-0.25, -0.2) is 0 Å². The van der Waals surface area contributed by atoms with Crippen molar-refractivity contribution in [2.24, 2.45) is 7.05 Å². The predicted octanol–water partition coefficient (Wildman–Crippen LogP) is -0.261. The van der Waals surface area contributed by atoms with Gasteiger partial charge in [-0.3, -0.25) is 4.68 Å². The third kappa shape index (κ3) is 1.75. The fourth-order valence-electron chi connectivity index (χ4n) is 1.37. The van der Waals surface area contributed by atoms with Crippen LogP contribution in [0.25, 0.3) is 0 Å². The summed E-state index contributed by atoms with van der Waals surface area (Å²) in [5.41, 5.74) is 7.33. The zero-order chi connectivity index (χ0) is 10.0. The highest BCUT2D eigenvalue weighted by atomic mass is 16.3. The summed E-state index contributed by atoms with van der Waals surface area (Å²) in [6, 6.07) is 0. The quantitative estimate of drug-likeness (QED) is 0.679. The van der Waals surface area contributed by atoms with Gasteiger partial charge >= 0.3 is 0 Å². The number of nitrogens with zero attached hydrogens (tertiary/aromatic N) is 3. The number of hydrogen-bond donors (Lipinski definition) is 2. The second kappa shape index (κ2) is 3.66. The molecule has 0 bridgehead atoms. The van der Waals surface area contributed by atoms with Crippen LogP contribution in [0.4, 0.5) is 11.5 Å². The summed E-state index contributed by atoms with van der Waals surface area (Å²) in [5, 5.41) is 13.0. The number of aliphatic hydroxyl groups is 1. The largest absolute Gasteiger partial charge is 0.395 e. The van der Waals surface area contributed by atoms with Gasteiger partial charge in [0.2, 0.25) is 0 Å². The molecule has 0 aliphatic rings. The molecule has 5 heteroatoms. The van der Waals surface area contributed by atoms with Crippen LogP contribution in [-0.4, -0.2) is 35.1 Å². The topological polar surface area (TPSA) is 67.3 Å². The van der Waals surface area contributed by atoms with E-state index in [2.05, 4.69) is 5.10 Å². The number of aliphatic hydroxyl groups excluding tert-OH is 1. The first-order valence-corrected chi connectivity index (χ1v) is 4.19. The Bertz CT molecular complexity index is 295. The molecule has 0 spiro atoms. The minimum atomic E-state index is 0.111. The van der Waals surface area contributed by atoms with Crippen LogP contribution in [0, 0.1) is 6.92 Å². The average molecular weight is 184 g/mol. The maximum Gasteiger partial charge on any atom is 0.150 e. The summed E-state index contributed by atoms with van der Waals surface area (Å²) < 4.78 is 1.72. The van der Waals surface area contributed by atoms with Crippen molar-refractivity contribution >= 4 is 11.5 Å². The standard InChI is InChI=1S/C8H16N4O/c1-6-7(9)8(12(3)10-6)11(2)4-5-13/h13H,4-5,9H2,1-3H3. The molecule has 1 rings (SSSR count). The predicted molar refractivity (Wildman–Crippen MR) is 52.7 cm³/mol. The van der Waals surface area contributed by atoms with Gasteiger partial charge in [-0.15, -0.1) is 0 Å². The first-order valence-electron chi connectivity index (χ1n) is 4.19. The number of hydrogen-bond acceptors (Lipinski definition) is 4. The lowest BCUT2D eigenvalue weighted by Crippen LogP contribution is -2.24. The van der Waals surface area contributed by atoms with Crippen LogP contribution in [0.2, 0.25) is 0 Å². The number of nitrogens with two attached hydrogens (primary N) is 1. The zero-order valence-electron chi connectivity index (χ0n) is 8.28. The monoisotopic (exact) mass is 184 g/mol. The molecule has 0 amide bonds. The van der Waals surface area contributed by atoms with Gasteiger partial charge in [-0.05, 0) is 6.92 Å². The van der Waals surface area contributed by atoms with Gasteiger partial charge < -0.3 is 15.7 Å². The van der Waals surface area contributed by atoms with E-state index in [0.29, 0.717) is 12.2 Å². The SMILES string of the molecule is Cc1nn(C)c(N(C)CCO)c1N. The van der Waals surface area contributed by atoms with Crippen molar-refractivity contribution in [2.75, 3.05) is 30.8 Å². The van der Waals surface area contributed by atoms with Gasteiger partial charge in [-0.2, -0.15) is 5.10 Å². The Morgan fingerprint density at radius 1 is 1.62 bits per heavy atom. The number of anilines is 2. The molecule has 1 aromatic rings. The molecule has 74 valence electrons. The molecule has 0 aromatic carbocycles. The van der Waals surface area contributed by atoms with Crippen molar-refractivity contribution in [1.29, 1.82) is 0 Å². The van der Waals surface area contributed by atoms with E-state index < -0.39 is 0 Å². The van der Waals surface area contributed by atoms with E-state index >= 15 is 0 Å². The Morgan fingerprint density at radius 3 is 2.62 bits per heavy atom. The van der Waals surface area contributed by atoms with E-state index in [1.165, 1.54) is 0 Å². The summed E-state index contributed by atoms with van der Waals surface area (Å²) in [4.78, 5) is 1.88. The van der Waals surface area contributed by atoms with E-state index in [-0.39, 0.29) is 6.61 Å². The lowest BCUT2D eigenvalue weighted by atomic mass is 10.3. The molecule has 0 atom stereocenters. The Morgan fingerprint density at radius 2 is 2.23 bits per heavy atom. The fraction of sp³-hybridized carbons (Fsp3) is 0.625. The second-order valence-electron chi connectivity index (χ2n) is 3.09. The molecule has 0 aliphatic carbocycles. The van der Waals surface area contributed by atoms with Crippen molar-refractivity contribution in [2.45, 2.75) is 6.92 Å². The summed E-state index contributed by atoms with van der Waals surface area (Å²) in [7, 11) is 3.72. The molecule has 5 nitrogen and oxygen atoms in total. The third-order valence-electron chi connectivity index (χ3n) is 2.03. The summed E-state index contributed by atoms with van der Waals surface area (Å²) in [5.74, 6) is 0.853. The Kier molecular flexibility index (Phi) is 2.77. The third-order valence-corrected chi connectivity index (χ3v) is 2.03. The molecule has 0 saturated heterocycles. The van der Waals surface area contributed by atoms with Crippen molar-refractivity contribution in [3.8, 4) is 0 Å². The first-order chi connectivity index (χ1) is 6.07. The highest BCUT2D eigenvalue weighted by Gasteiger charge is 2.13. The molecular formula is C8H16N4O. The minimum Gasteiger partial charge on any atom is -0.395 e. The van der Waals surface area contributed by atoms with E-state index in [1.54, 1.807) is 4.68 Å². The van der Waals surface area contributed by atoms with E-state index in [4.69, 9.17) is 10.8 Å². The van der Waals surface area contributed by atoms with Gasteiger partial charge in [0, 0.05) is 20.6 Å². The van der Waals surface area contributed by atoms with Crippen LogP contribution < -0.4 is 10.6 Å². The molecule has 0 unspecified atom stereocenters. The average Bonchev–Trinajstić information content (AvgIpc) is 2.27. The van der Waals surface area contributed by atoms with Crippen LogP contribution in [0.5, 0.6) is 0 Å². The van der Waals surface area contributed by atoms with Gasteiger partial charge in [0.05, 0.1) is 18.0 Å². The lowest BCUT2D eigenvalue weighted by Gasteiger charge is -2.18. The Labute approximate surface area is 77.8 Å². The van der Waals surface area contributed by atoms with Crippen molar-refractivity contribution < 1.29 is 5.11 Å². The Hall–Kier alpha value is -1.23. The summed E-state index contributed by atoms with van der Waals surface area (Å²) in [6.45, 7) is 2.54. The summed E-state index contributed by atoms with van der Waals surface area (Å²) in [6.07, 6.45) is 0. The molecule has 0 aliphatic heterocycles. The van der Waals surface area contributed by atoms with Gasteiger partial charge in [-0.1, -0.05) is 0 Å². The van der Waals surface area contributed by atoms with Crippen molar-refractivity contribution in [3.05, 3.63) is 5.69 Å². The van der Waals surface area contributed by atoms with E-state index in [1.807, 2.05) is 25.9 Å². The smallest absolute Gasteiger partial charge is 0.150 e. The molecular weight excluding hydrogens is 168 g/mol. The molecule has 13 heavy (non-hydrogen) atoms. The maximum absolute atomic E-state index is 8.77. The fourth-order valence-corrected chi connectivity index (χ4v) is 1.37. The molecule has 0 saturated carbocycles. The van der Waals surface area contributed by atoms with Crippen LogP contribution >= 0.6 is 0 Å². The number of aromatic nitrogens is 2. The number of likely N-dealkylation sites (N-methyl/N-ethyl adjacent to an activating group) is 1. The van der Waals surface area contributed by atoms with Crippen LogP contribution in [-0.2, 0) is 7.05 Å². The first kappa shape index (κ1) is 9.85. The molecule has 1 aromatic heterocycles. The normalized spacial score (nSPS) is 10.5. The number of rotatable bonds is 3. The Balaban J connectivity index is 2.98. The van der Waals surface area contributed by atoms with E-state index in [9.17, 15) is 0 Å². The molecule has 3 N–H and O–H groups in total. The van der Waals surface area contributed by atoms with E-state index in [0.717, 1.165) is 11.5 Å². The second-order valence-corrected chi connectivity index (χ2v) is 3.09. The lowest BCUT2D eigenvalue weighted by molar-refractivity contribution is 0.303. The number of nitrogen functional groups attached to an aromatic ring is 1. The highest BCUT2D eigenvalue weighted by Crippen LogP contribution is 2.23. The zero-order valence-corrected chi connectivity index (χ0v) is 8.28.